The van der Waals surface area contributed by atoms with Gasteiger partial charge in [0.05, 0.1) is 11.9 Å². The molecular formula is C16H17FN4. The quantitative estimate of drug-likeness (QED) is 0.860. The van der Waals surface area contributed by atoms with Gasteiger partial charge in [-0.15, -0.1) is 0 Å². The summed E-state index contributed by atoms with van der Waals surface area (Å²) >= 11 is 0. The van der Waals surface area contributed by atoms with Gasteiger partial charge in [0.2, 0.25) is 0 Å². The molecule has 0 amide bonds. The predicted octanol–water partition coefficient (Wildman–Crippen LogP) is 1.16. The van der Waals surface area contributed by atoms with Gasteiger partial charge >= 0.3 is 0 Å². The molecule has 2 aromatic heterocycles. The Morgan fingerprint density at radius 3 is 2.81 bits per heavy atom. The standard InChI is InChI=1S/C16H17FN4/c1-3-19-5-4-12-8-21-16(6-13(12)7-18)14-9-20-10-15(17)11(14)2/h4-10H,3,18H2,1-2H3/b12-4-,13-7-,19-5?. The van der Waals surface area contributed by atoms with Crippen LogP contribution in [-0.4, -0.2) is 22.7 Å². The van der Waals surface area contributed by atoms with Gasteiger partial charge in [-0.05, 0) is 31.6 Å². The van der Waals surface area contributed by atoms with E-state index in [2.05, 4.69) is 15.0 Å². The van der Waals surface area contributed by atoms with Gasteiger partial charge in [-0.2, -0.15) is 0 Å². The Kier molecular flexibility index (Phi) is 4.77. The van der Waals surface area contributed by atoms with Crippen molar-refractivity contribution < 1.29 is 4.39 Å². The first kappa shape index (κ1) is 14.8. The Hall–Kier alpha value is -2.56. The first-order valence-corrected chi connectivity index (χ1v) is 6.66. The Labute approximate surface area is 122 Å². The van der Waals surface area contributed by atoms with Gasteiger partial charge in [0.25, 0.3) is 0 Å². The van der Waals surface area contributed by atoms with Crippen molar-refractivity contribution >= 4 is 18.5 Å². The number of nitrogens with zero attached hydrogens (tertiary/aromatic N) is 3. The summed E-state index contributed by atoms with van der Waals surface area (Å²) in [5.41, 5.74) is 7.48. The largest absolute Gasteiger partial charge is 0.404 e. The van der Waals surface area contributed by atoms with Crippen LogP contribution in [0.15, 0.2) is 29.6 Å². The molecule has 21 heavy (non-hydrogen) atoms. The van der Waals surface area contributed by atoms with Crippen molar-refractivity contribution in [2.75, 3.05) is 6.54 Å². The number of halogens is 1. The molecule has 0 fully saturated rings. The van der Waals surface area contributed by atoms with E-state index in [-0.39, 0.29) is 5.82 Å². The minimum Gasteiger partial charge on any atom is -0.404 e. The van der Waals surface area contributed by atoms with Crippen LogP contribution in [0.1, 0.15) is 12.5 Å². The van der Waals surface area contributed by atoms with E-state index in [0.717, 1.165) is 17.0 Å². The van der Waals surface area contributed by atoms with Crippen molar-refractivity contribution in [1.82, 2.24) is 9.97 Å². The zero-order chi connectivity index (χ0) is 15.2. The number of aromatic nitrogens is 2. The maximum atomic E-state index is 13.6. The van der Waals surface area contributed by atoms with E-state index < -0.39 is 0 Å². The Morgan fingerprint density at radius 1 is 1.29 bits per heavy atom. The lowest BCUT2D eigenvalue weighted by Gasteiger charge is -2.05. The third kappa shape index (κ3) is 3.31. The van der Waals surface area contributed by atoms with Crippen LogP contribution in [0.5, 0.6) is 0 Å². The van der Waals surface area contributed by atoms with Crippen molar-refractivity contribution in [3.05, 3.63) is 46.5 Å². The molecule has 0 saturated carbocycles. The Balaban J connectivity index is 2.57. The van der Waals surface area contributed by atoms with Crippen LogP contribution in [0.3, 0.4) is 0 Å². The number of nitrogens with two attached hydrogens (primary N) is 1. The molecule has 2 aromatic rings. The number of hydrogen-bond donors (Lipinski definition) is 1. The fourth-order valence-corrected chi connectivity index (χ4v) is 1.91. The molecule has 2 rings (SSSR count). The fourth-order valence-electron chi connectivity index (χ4n) is 1.91. The second-order valence-corrected chi connectivity index (χ2v) is 4.47. The molecule has 0 aliphatic rings. The van der Waals surface area contributed by atoms with Crippen LogP contribution in [0.25, 0.3) is 23.5 Å². The lowest BCUT2D eigenvalue weighted by atomic mass is 10.1. The molecule has 0 aromatic carbocycles. The molecule has 2 N–H and O–H groups in total. The maximum Gasteiger partial charge on any atom is 0.145 e. The minimum atomic E-state index is -0.349. The van der Waals surface area contributed by atoms with E-state index in [4.69, 9.17) is 5.73 Å². The topological polar surface area (TPSA) is 64.2 Å². The van der Waals surface area contributed by atoms with Crippen molar-refractivity contribution in [1.29, 1.82) is 0 Å². The van der Waals surface area contributed by atoms with Gasteiger partial charge in [-0.3, -0.25) is 15.0 Å². The van der Waals surface area contributed by atoms with Crippen molar-refractivity contribution in [3.8, 4) is 11.3 Å². The summed E-state index contributed by atoms with van der Waals surface area (Å²) in [6.07, 6.45) is 9.55. The van der Waals surface area contributed by atoms with Gasteiger partial charge in [-0.1, -0.05) is 0 Å². The van der Waals surface area contributed by atoms with Gasteiger partial charge in [-0.25, -0.2) is 4.39 Å². The number of hydrogen-bond acceptors (Lipinski definition) is 4. The molecule has 0 aliphatic heterocycles. The molecule has 0 radical (unpaired) electrons. The number of pyridine rings is 2. The van der Waals surface area contributed by atoms with E-state index in [1.54, 1.807) is 25.5 Å². The highest BCUT2D eigenvalue weighted by molar-refractivity contribution is 5.90. The van der Waals surface area contributed by atoms with Crippen LogP contribution in [0.4, 0.5) is 4.39 Å². The molecule has 0 spiro atoms. The minimum absolute atomic E-state index is 0.349. The maximum absolute atomic E-state index is 13.6. The molecule has 4 nitrogen and oxygen atoms in total. The second kappa shape index (κ2) is 6.74. The van der Waals surface area contributed by atoms with E-state index in [9.17, 15) is 4.39 Å². The van der Waals surface area contributed by atoms with E-state index in [0.29, 0.717) is 16.8 Å². The number of rotatable bonds is 3. The van der Waals surface area contributed by atoms with Crippen LogP contribution in [0.2, 0.25) is 0 Å². The molecule has 0 saturated heterocycles. The molecule has 0 aliphatic carbocycles. The molecule has 108 valence electrons. The normalized spacial score (nSPS) is 13.3. The number of aliphatic imine (C=N–C) groups is 1. The summed E-state index contributed by atoms with van der Waals surface area (Å²) in [4.78, 5) is 12.4. The molecule has 0 bridgehead atoms. The highest BCUT2D eigenvalue weighted by Gasteiger charge is 2.07. The molecule has 2 heterocycles. The second-order valence-electron chi connectivity index (χ2n) is 4.47. The van der Waals surface area contributed by atoms with E-state index >= 15 is 0 Å². The third-order valence-electron chi connectivity index (χ3n) is 3.12. The lowest BCUT2D eigenvalue weighted by Crippen LogP contribution is -2.27. The summed E-state index contributed by atoms with van der Waals surface area (Å²) in [5, 5.41) is 1.67. The van der Waals surface area contributed by atoms with Crippen LogP contribution < -0.4 is 16.2 Å². The van der Waals surface area contributed by atoms with E-state index in [1.165, 1.54) is 12.4 Å². The van der Waals surface area contributed by atoms with Gasteiger partial charge < -0.3 is 5.73 Å². The summed E-state index contributed by atoms with van der Waals surface area (Å²) in [6, 6.07) is 1.81. The molecule has 5 heteroatoms. The average Bonchev–Trinajstić information content (AvgIpc) is 2.50. The molecule has 0 unspecified atom stereocenters. The highest BCUT2D eigenvalue weighted by Crippen LogP contribution is 2.20. The van der Waals surface area contributed by atoms with Gasteiger partial charge in [0.15, 0.2) is 0 Å². The van der Waals surface area contributed by atoms with Crippen molar-refractivity contribution in [2.45, 2.75) is 13.8 Å². The summed E-state index contributed by atoms with van der Waals surface area (Å²) in [5.74, 6) is -0.349. The zero-order valence-corrected chi connectivity index (χ0v) is 12.0. The summed E-state index contributed by atoms with van der Waals surface area (Å²) in [6.45, 7) is 4.38. The van der Waals surface area contributed by atoms with Gasteiger partial charge in [0, 0.05) is 47.4 Å². The van der Waals surface area contributed by atoms with Crippen LogP contribution >= 0.6 is 0 Å². The third-order valence-corrected chi connectivity index (χ3v) is 3.12. The molecule has 0 atom stereocenters. The summed E-state index contributed by atoms with van der Waals surface area (Å²) in [7, 11) is 0. The van der Waals surface area contributed by atoms with Crippen molar-refractivity contribution in [2.24, 2.45) is 10.7 Å². The van der Waals surface area contributed by atoms with Gasteiger partial charge in [0.1, 0.15) is 5.82 Å². The first-order chi connectivity index (χ1) is 10.2. The van der Waals surface area contributed by atoms with Crippen LogP contribution in [0, 0.1) is 12.7 Å². The average molecular weight is 284 g/mol. The predicted molar refractivity (Wildman–Crippen MR) is 83.6 cm³/mol. The highest BCUT2D eigenvalue weighted by atomic mass is 19.1. The van der Waals surface area contributed by atoms with E-state index in [1.807, 2.05) is 19.1 Å². The summed E-state index contributed by atoms with van der Waals surface area (Å²) < 4.78 is 13.6. The Morgan fingerprint density at radius 2 is 2.10 bits per heavy atom. The first-order valence-electron chi connectivity index (χ1n) is 6.66. The zero-order valence-electron chi connectivity index (χ0n) is 12.0. The lowest BCUT2D eigenvalue weighted by molar-refractivity contribution is 0.612. The smallest absolute Gasteiger partial charge is 0.145 e. The SMILES string of the molecule is CCN=C/C=c1/cnc(-c2cncc(F)c2C)c/c1=C/N. The molecular weight excluding hydrogens is 267 g/mol. The Bertz CT molecular complexity index is 781. The van der Waals surface area contributed by atoms with Crippen molar-refractivity contribution in [3.63, 3.8) is 0 Å². The van der Waals surface area contributed by atoms with Crippen LogP contribution in [-0.2, 0) is 0 Å². The fraction of sp³-hybridized carbons (Fsp3) is 0.188. The monoisotopic (exact) mass is 284 g/mol.